The highest BCUT2D eigenvalue weighted by molar-refractivity contribution is 14.1. The van der Waals surface area contributed by atoms with E-state index in [9.17, 15) is 4.39 Å². The Balaban J connectivity index is 2.45. The van der Waals surface area contributed by atoms with Crippen molar-refractivity contribution in [2.75, 3.05) is 6.54 Å². The third kappa shape index (κ3) is 3.12. The Morgan fingerprint density at radius 2 is 2.22 bits per heavy atom. The lowest BCUT2D eigenvalue weighted by Gasteiger charge is -2.19. The molecule has 96 valence electrons. The van der Waals surface area contributed by atoms with Crippen LogP contribution in [0.4, 0.5) is 4.39 Å². The van der Waals surface area contributed by atoms with E-state index in [-0.39, 0.29) is 11.9 Å². The molecule has 0 aliphatic rings. The minimum Gasteiger partial charge on any atom is -0.306 e. The van der Waals surface area contributed by atoms with Crippen LogP contribution < -0.4 is 5.32 Å². The third-order valence-electron chi connectivity index (χ3n) is 2.59. The van der Waals surface area contributed by atoms with Crippen LogP contribution in [0, 0.1) is 9.39 Å². The molecule has 0 bridgehead atoms. The molecule has 2 rings (SSSR count). The average Bonchev–Trinajstić information content (AvgIpc) is 2.73. The Morgan fingerprint density at radius 1 is 1.44 bits per heavy atom. The van der Waals surface area contributed by atoms with Gasteiger partial charge < -0.3 is 5.32 Å². The van der Waals surface area contributed by atoms with Crippen molar-refractivity contribution < 1.29 is 4.39 Å². The number of hydrogen-bond donors (Lipinski definition) is 1. The smallest absolute Gasteiger partial charge is 0.124 e. The summed E-state index contributed by atoms with van der Waals surface area (Å²) in [6.45, 7) is 2.94. The van der Waals surface area contributed by atoms with Gasteiger partial charge in [0, 0.05) is 12.9 Å². The van der Waals surface area contributed by atoms with Gasteiger partial charge in [-0.25, -0.2) is 4.39 Å². The molecule has 5 heteroatoms. The van der Waals surface area contributed by atoms with Gasteiger partial charge in [-0.3, -0.25) is 0 Å². The summed E-state index contributed by atoms with van der Waals surface area (Å²) in [5.41, 5.74) is 1.11. The molecule has 0 fully saturated rings. The van der Waals surface area contributed by atoms with E-state index in [0.29, 0.717) is 0 Å². The van der Waals surface area contributed by atoms with E-state index in [2.05, 4.69) is 56.1 Å². The van der Waals surface area contributed by atoms with Gasteiger partial charge >= 0.3 is 0 Å². The fraction of sp³-hybridized carbons (Fsp3) is 0.231. The maximum atomic E-state index is 13.2. The summed E-state index contributed by atoms with van der Waals surface area (Å²) in [6, 6.07) is 7.10. The number of hydrogen-bond acceptors (Lipinski definition) is 2. The summed E-state index contributed by atoms with van der Waals surface area (Å²) in [7, 11) is 0. The summed E-state index contributed by atoms with van der Waals surface area (Å²) >= 11 is 7.45. The first-order valence-corrected chi connectivity index (χ1v) is 8.29. The van der Waals surface area contributed by atoms with Crippen molar-refractivity contribution in [3.63, 3.8) is 0 Å². The fourth-order valence-electron chi connectivity index (χ4n) is 1.80. The average molecular weight is 440 g/mol. The topological polar surface area (TPSA) is 12.0 Å². The summed E-state index contributed by atoms with van der Waals surface area (Å²) < 4.78 is 15.2. The number of thiophene rings is 1. The fourth-order valence-corrected chi connectivity index (χ4v) is 4.28. The van der Waals surface area contributed by atoms with E-state index in [1.807, 2.05) is 12.1 Å². The van der Waals surface area contributed by atoms with Crippen molar-refractivity contribution in [1.29, 1.82) is 0 Å². The second-order valence-corrected chi connectivity index (χ2v) is 6.75. The maximum Gasteiger partial charge on any atom is 0.124 e. The second-order valence-electron chi connectivity index (χ2n) is 3.79. The van der Waals surface area contributed by atoms with Crippen LogP contribution in [0.3, 0.4) is 0 Å². The molecule has 0 aliphatic heterocycles. The minimum absolute atomic E-state index is 0.108. The largest absolute Gasteiger partial charge is 0.306 e. The zero-order valence-electron chi connectivity index (χ0n) is 9.71. The third-order valence-corrected chi connectivity index (χ3v) is 5.46. The lowest BCUT2D eigenvalue weighted by Crippen LogP contribution is -2.22. The monoisotopic (exact) mass is 439 g/mol. The van der Waals surface area contributed by atoms with Crippen molar-refractivity contribution in [3.8, 4) is 0 Å². The van der Waals surface area contributed by atoms with E-state index < -0.39 is 0 Å². The molecule has 0 amide bonds. The van der Waals surface area contributed by atoms with Crippen molar-refractivity contribution in [2.24, 2.45) is 0 Å². The van der Waals surface area contributed by atoms with Crippen LogP contribution in [0.5, 0.6) is 0 Å². The van der Waals surface area contributed by atoms with Crippen molar-refractivity contribution in [1.82, 2.24) is 5.32 Å². The molecule has 1 N–H and O–H groups in total. The van der Waals surface area contributed by atoms with E-state index in [1.165, 1.54) is 10.9 Å². The Morgan fingerprint density at radius 3 is 2.78 bits per heavy atom. The van der Waals surface area contributed by atoms with Gasteiger partial charge in [-0.05, 0) is 74.2 Å². The molecule has 1 aromatic carbocycles. The van der Waals surface area contributed by atoms with Crippen molar-refractivity contribution in [3.05, 3.63) is 53.9 Å². The minimum atomic E-state index is -0.191. The lowest BCUT2D eigenvalue weighted by atomic mass is 10.1. The van der Waals surface area contributed by atoms with Crippen molar-refractivity contribution in [2.45, 2.75) is 13.0 Å². The van der Waals surface area contributed by atoms with Gasteiger partial charge in [0.2, 0.25) is 0 Å². The zero-order chi connectivity index (χ0) is 13.1. The molecule has 1 unspecified atom stereocenters. The van der Waals surface area contributed by atoms with Gasteiger partial charge in [-0.15, -0.1) is 11.3 Å². The number of rotatable bonds is 4. The Hall–Kier alpha value is 0.0200. The van der Waals surface area contributed by atoms with Gasteiger partial charge in [-0.2, -0.15) is 0 Å². The van der Waals surface area contributed by atoms with Gasteiger partial charge in [0.1, 0.15) is 5.82 Å². The first-order chi connectivity index (χ1) is 8.63. The number of nitrogens with one attached hydrogen (secondary N) is 1. The highest BCUT2D eigenvalue weighted by Crippen LogP contribution is 2.35. The summed E-state index contributed by atoms with van der Waals surface area (Å²) in [6.07, 6.45) is 0. The predicted octanol–water partition coefficient (Wildman–Crippen LogP) is 4.95. The summed E-state index contributed by atoms with van der Waals surface area (Å²) in [4.78, 5) is 1.22. The molecule has 2 aromatic rings. The Bertz CT molecular complexity index is 544. The molecule has 1 aromatic heterocycles. The number of benzene rings is 1. The van der Waals surface area contributed by atoms with E-state index in [0.717, 1.165) is 20.2 Å². The Labute approximate surface area is 132 Å². The van der Waals surface area contributed by atoms with Gasteiger partial charge in [0.25, 0.3) is 0 Å². The number of halogens is 3. The van der Waals surface area contributed by atoms with E-state index in [4.69, 9.17) is 0 Å². The molecule has 0 spiro atoms. The van der Waals surface area contributed by atoms with Crippen LogP contribution in [0.1, 0.15) is 23.4 Å². The van der Waals surface area contributed by atoms with Crippen LogP contribution in [0.15, 0.2) is 34.1 Å². The van der Waals surface area contributed by atoms with Crippen molar-refractivity contribution >= 4 is 49.9 Å². The molecule has 1 atom stereocenters. The predicted molar refractivity (Wildman–Crippen MR) is 86.7 cm³/mol. The summed E-state index contributed by atoms with van der Waals surface area (Å²) in [5, 5.41) is 5.51. The highest BCUT2D eigenvalue weighted by Gasteiger charge is 2.19. The Kier molecular flexibility index (Phi) is 5.17. The molecular weight excluding hydrogens is 428 g/mol. The molecule has 0 radical (unpaired) electrons. The van der Waals surface area contributed by atoms with E-state index >= 15 is 0 Å². The van der Waals surface area contributed by atoms with Gasteiger partial charge in [0.05, 0.1) is 6.04 Å². The molecule has 0 saturated carbocycles. The molecule has 1 nitrogen and oxygen atoms in total. The van der Waals surface area contributed by atoms with Gasteiger partial charge in [-0.1, -0.05) is 13.0 Å². The van der Waals surface area contributed by atoms with Crippen LogP contribution in [-0.4, -0.2) is 6.54 Å². The first-order valence-electron chi connectivity index (χ1n) is 5.54. The quantitative estimate of drug-likeness (QED) is 0.664. The standard InChI is InChI=1S/C13H12BrFINS/c1-2-17-12(13-10(14)5-6-18-13)9-4-3-8(15)7-11(9)16/h3-7,12,17H,2H2,1H3. The van der Waals surface area contributed by atoms with Gasteiger partial charge in [0.15, 0.2) is 0 Å². The molecular formula is C13H12BrFINS. The van der Waals surface area contributed by atoms with E-state index in [1.54, 1.807) is 17.4 Å². The van der Waals surface area contributed by atoms with Crippen LogP contribution in [0.2, 0.25) is 0 Å². The molecule has 1 heterocycles. The maximum absolute atomic E-state index is 13.2. The first kappa shape index (κ1) is 14.4. The SMILES string of the molecule is CCNC(c1ccc(F)cc1I)c1sccc1Br. The van der Waals surface area contributed by atoms with Crippen LogP contribution >= 0.6 is 49.9 Å². The zero-order valence-corrected chi connectivity index (χ0v) is 14.3. The highest BCUT2D eigenvalue weighted by atomic mass is 127. The lowest BCUT2D eigenvalue weighted by molar-refractivity contribution is 0.613. The normalized spacial score (nSPS) is 12.7. The summed E-state index contributed by atoms with van der Waals surface area (Å²) in [5.74, 6) is -0.191. The second kappa shape index (κ2) is 6.45. The molecule has 0 aliphatic carbocycles. The van der Waals surface area contributed by atoms with Crippen LogP contribution in [-0.2, 0) is 0 Å². The molecule has 18 heavy (non-hydrogen) atoms. The molecule has 0 saturated heterocycles. The van der Waals surface area contributed by atoms with Crippen LogP contribution in [0.25, 0.3) is 0 Å².